The smallest absolute Gasteiger partial charge is 0.193 e. The molecule has 1 aromatic carbocycles. The van der Waals surface area contributed by atoms with E-state index in [1.165, 1.54) is 30.4 Å². The van der Waals surface area contributed by atoms with Crippen LogP contribution in [0.2, 0.25) is 0 Å². The van der Waals surface area contributed by atoms with Crippen LogP contribution in [0.1, 0.15) is 43.2 Å². The Hall–Kier alpha value is -0.820. The van der Waals surface area contributed by atoms with Gasteiger partial charge in [0.2, 0.25) is 0 Å². The van der Waals surface area contributed by atoms with E-state index in [1.54, 1.807) is 0 Å². The van der Waals surface area contributed by atoms with Crippen molar-refractivity contribution in [3.05, 3.63) is 29.3 Å². The van der Waals surface area contributed by atoms with Crippen LogP contribution in [0.4, 0.5) is 5.69 Å². The number of nitrogens with two attached hydrogens (primary N) is 1. The average Bonchev–Trinajstić information content (AvgIpc) is 2.49. The van der Waals surface area contributed by atoms with E-state index in [-0.39, 0.29) is 24.0 Å². The lowest BCUT2D eigenvalue weighted by atomic mass is 10.1. The van der Waals surface area contributed by atoms with Crippen LogP contribution < -0.4 is 11.1 Å². The molecule has 1 heterocycles. The zero-order valence-electron chi connectivity index (χ0n) is 13.6. The van der Waals surface area contributed by atoms with Crippen molar-refractivity contribution in [1.82, 2.24) is 0 Å². The number of nitrogens with zero attached hydrogens (tertiary/aromatic N) is 1. The first-order valence-electron chi connectivity index (χ1n) is 7.91. The molecule has 1 saturated heterocycles. The molecular weight excluding hydrogens is 389 g/mol. The number of benzene rings is 1. The van der Waals surface area contributed by atoms with Crippen LogP contribution in [0.25, 0.3) is 0 Å². The molecule has 2 rings (SSSR count). The Balaban J connectivity index is 0.00000242. The molecule has 3 N–H and O–H groups in total. The van der Waals surface area contributed by atoms with Crippen LogP contribution in [0, 0.1) is 13.8 Å². The summed E-state index contributed by atoms with van der Waals surface area (Å²) >= 11 is 0. The third kappa shape index (κ3) is 6.52. The number of guanidine groups is 1. The number of hydrogen-bond acceptors (Lipinski definition) is 2. The van der Waals surface area contributed by atoms with Gasteiger partial charge in [-0.25, -0.2) is 0 Å². The van der Waals surface area contributed by atoms with Crippen LogP contribution in [0.15, 0.2) is 23.2 Å². The molecular formula is C17H28IN3O. The van der Waals surface area contributed by atoms with Gasteiger partial charge >= 0.3 is 0 Å². The van der Waals surface area contributed by atoms with E-state index in [0.29, 0.717) is 12.1 Å². The quantitative estimate of drug-likeness (QED) is 0.330. The fraction of sp³-hybridized carbons (Fsp3) is 0.588. The maximum Gasteiger partial charge on any atom is 0.193 e. The highest BCUT2D eigenvalue weighted by molar-refractivity contribution is 14.0. The summed E-state index contributed by atoms with van der Waals surface area (Å²) in [6.07, 6.45) is 6.25. The highest BCUT2D eigenvalue weighted by Crippen LogP contribution is 2.17. The number of rotatable bonds is 5. The normalized spacial score (nSPS) is 18.6. The first kappa shape index (κ1) is 19.2. The van der Waals surface area contributed by atoms with E-state index in [1.807, 2.05) is 6.07 Å². The number of ether oxygens (including phenoxy) is 1. The molecule has 0 amide bonds. The average molecular weight is 417 g/mol. The Labute approximate surface area is 150 Å². The molecule has 0 aromatic heterocycles. The van der Waals surface area contributed by atoms with E-state index in [0.717, 1.165) is 31.7 Å². The van der Waals surface area contributed by atoms with E-state index in [4.69, 9.17) is 10.5 Å². The molecule has 0 aliphatic carbocycles. The fourth-order valence-corrected chi connectivity index (χ4v) is 2.56. The summed E-state index contributed by atoms with van der Waals surface area (Å²) in [5, 5.41) is 3.14. The van der Waals surface area contributed by atoms with Crippen molar-refractivity contribution in [3.8, 4) is 0 Å². The highest BCUT2D eigenvalue weighted by atomic mass is 127. The second kappa shape index (κ2) is 10.0. The lowest BCUT2D eigenvalue weighted by Gasteiger charge is -2.22. The molecule has 1 aliphatic rings. The molecule has 0 saturated carbocycles. The Morgan fingerprint density at radius 1 is 1.32 bits per heavy atom. The van der Waals surface area contributed by atoms with Gasteiger partial charge in [0.1, 0.15) is 0 Å². The fourth-order valence-electron chi connectivity index (χ4n) is 2.56. The number of hydrogen-bond donors (Lipinski definition) is 2. The van der Waals surface area contributed by atoms with Gasteiger partial charge in [-0.3, -0.25) is 4.99 Å². The van der Waals surface area contributed by atoms with Gasteiger partial charge in [-0.1, -0.05) is 6.07 Å². The molecule has 0 radical (unpaired) electrons. The zero-order valence-corrected chi connectivity index (χ0v) is 15.9. The van der Waals surface area contributed by atoms with Crippen molar-refractivity contribution in [2.45, 2.75) is 52.1 Å². The van der Waals surface area contributed by atoms with E-state index < -0.39 is 0 Å². The standard InChI is InChI=1S/C17H27N3O.HI/c1-13-8-9-15(12-14(13)2)20-17(18)19-10-5-7-16-6-3-4-11-21-16;/h8-9,12,16H,3-7,10-11H2,1-2H3,(H3,18,19,20);1H. The van der Waals surface area contributed by atoms with Gasteiger partial charge in [-0.15, -0.1) is 24.0 Å². The molecule has 1 aromatic rings. The summed E-state index contributed by atoms with van der Waals surface area (Å²) < 4.78 is 5.71. The van der Waals surface area contributed by atoms with Crippen LogP contribution >= 0.6 is 24.0 Å². The summed E-state index contributed by atoms with van der Waals surface area (Å²) in [6, 6.07) is 6.21. The van der Waals surface area contributed by atoms with Crippen molar-refractivity contribution in [2.75, 3.05) is 18.5 Å². The zero-order chi connectivity index (χ0) is 15.1. The number of anilines is 1. The van der Waals surface area contributed by atoms with Crippen molar-refractivity contribution in [2.24, 2.45) is 10.7 Å². The first-order chi connectivity index (χ1) is 10.1. The Bertz CT molecular complexity index is 485. The van der Waals surface area contributed by atoms with E-state index >= 15 is 0 Å². The summed E-state index contributed by atoms with van der Waals surface area (Å²) in [5.74, 6) is 0.489. The number of aliphatic imine (C=N–C) groups is 1. The predicted octanol–water partition coefficient (Wildman–Crippen LogP) is 4.00. The summed E-state index contributed by atoms with van der Waals surface area (Å²) in [4.78, 5) is 4.38. The second-order valence-corrected chi connectivity index (χ2v) is 5.82. The minimum Gasteiger partial charge on any atom is -0.378 e. The van der Waals surface area contributed by atoms with Crippen LogP contribution in [0.5, 0.6) is 0 Å². The molecule has 4 nitrogen and oxygen atoms in total. The number of aryl methyl sites for hydroxylation is 2. The monoisotopic (exact) mass is 417 g/mol. The van der Waals surface area contributed by atoms with Crippen molar-refractivity contribution >= 4 is 35.6 Å². The predicted molar refractivity (Wildman–Crippen MR) is 104 cm³/mol. The summed E-state index contributed by atoms with van der Waals surface area (Å²) in [5.41, 5.74) is 9.45. The Morgan fingerprint density at radius 2 is 2.14 bits per heavy atom. The topological polar surface area (TPSA) is 59.6 Å². The third-order valence-corrected chi connectivity index (χ3v) is 4.02. The Kier molecular flexibility index (Phi) is 8.78. The van der Waals surface area contributed by atoms with E-state index in [2.05, 4.69) is 36.3 Å². The molecule has 1 unspecified atom stereocenters. The summed E-state index contributed by atoms with van der Waals surface area (Å²) in [6.45, 7) is 5.87. The van der Waals surface area contributed by atoms with Gasteiger partial charge in [0.25, 0.3) is 0 Å². The van der Waals surface area contributed by atoms with Crippen LogP contribution in [-0.4, -0.2) is 25.2 Å². The maximum atomic E-state index is 5.92. The molecule has 124 valence electrons. The molecule has 5 heteroatoms. The van der Waals surface area contributed by atoms with Gasteiger partial charge in [0.05, 0.1) is 6.10 Å². The minimum atomic E-state index is 0. The molecule has 0 bridgehead atoms. The molecule has 0 spiro atoms. The van der Waals surface area contributed by atoms with Gasteiger partial charge in [-0.2, -0.15) is 0 Å². The van der Waals surface area contributed by atoms with Gasteiger partial charge < -0.3 is 15.8 Å². The van der Waals surface area contributed by atoms with Gasteiger partial charge in [0, 0.05) is 18.8 Å². The van der Waals surface area contributed by atoms with Crippen molar-refractivity contribution in [1.29, 1.82) is 0 Å². The molecule has 1 atom stereocenters. The lowest BCUT2D eigenvalue weighted by Crippen LogP contribution is -2.23. The maximum absolute atomic E-state index is 5.92. The molecule has 1 fully saturated rings. The SMILES string of the molecule is Cc1ccc(NC(N)=NCCCC2CCCCO2)cc1C.I. The first-order valence-corrected chi connectivity index (χ1v) is 7.91. The van der Waals surface area contributed by atoms with Crippen LogP contribution in [-0.2, 0) is 4.74 Å². The lowest BCUT2D eigenvalue weighted by molar-refractivity contribution is 0.0105. The number of nitrogens with one attached hydrogen (secondary N) is 1. The van der Waals surface area contributed by atoms with Crippen LogP contribution in [0.3, 0.4) is 0 Å². The minimum absolute atomic E-state index is 0. The number of halogens is 1. The summed E-state index contributed by atoms with van der Waals surface area (Å²) in [7, 11) is 0. The highest BCUT2D eigenvalue weighted by Gasteiger charge is 2.12. The van der Waals surface area contributed by atoms with Crippen molar-refractivity contribution < 1.29 is 4.74 Å². The Morgan fingerprint density at radius 3 is 2.82 bits per heavy atom. The molecule has 22 heavy (non-hydrogen) atoms. The molecule has 1 aliphatic heterocycles. The largest absolute Gasteiger partial charge is 0.378 e. The van der Waals surface area contributed by atoms with E-state index in [9.17, 15) is 0 Å². The van der Waals surface area contributed by atoms with Crippen molar-refractivity contribution in [3.63, 3.8) is 0 Å². The van der Waals surface area contributed by atoms with Gasteiger partial charge in [0.15, 0.2) is 5.96 Å². The second-order valence-electron chi connectivity index (χ2n) is 5.82. The third-order valence-electron chi connectivity index (χ3n) is 4.02. The van der Waals surface area contributed by atoms with Gasteiger partial charge in [-0.05, 0) is 69.2 Å².